The average molecular weight is 295 g/mol. The lowest BCUT2D eigenvalue weighted by Crippen LogP contribution is -2.55. The van der Waals surface area contributed by atoms with Crippen molar-refractivity contribution in [2.24, 2.45) is 0 Å². The standard InChI is InChI=1S/C3H3F6NO4S2/c4-1(5)2(6,7)3(8,9)16(13,14)10-15(11)12/h1,10H,(H,11,12). The van der Waals surface area contributed by atoms with Crippen LogP contribution in [0.15, 0.2) is 0 Å². The molecule has 0 aromatic carbocycles. The van der Waals surface area contributed by atoms with Gasteiger partial charge in [-0.2, -0.15) is 17.6 Å². The molecular weight excluding hydrogens is 292 g/mol. The third-order valence-electron chi connectivity index (χ3n) is 1.18. The van der Waals surface area contributed by atoms with Gasteiger partial charge >= 0.3 is 17.6 Å². The summed E-state index contributed by atoms with van der Waals surface area (Å²) in [6.07, 6.45) is -4.97. The Labute approximate surface area is 87.3 Å². The van der Waals surface area contributed by atoms with Crippen LogP contribution in [0.1, 0.15) is 0 Å². The van der Waals surface area contributed by atoms with E-state index in [-0.39, 0.29) is 4.13 Å². The fourth-order valence-electron chi connectivity index (χ4n) is 0.452. The number of sulfonamides is 1. The predicted octanol–water partition coefficient (Wildman–Crippen LogP) is 0.536. The van der Waals surface area contributed by atoms with Gasteiger partial charge in [-0.1, -0.05) is 0 Å². The first kappa shape index (κ1) is 15.6. The van der Waals surface area contributed by atoms with E-state index in [4.69, 9.17) is 4.55 Å². The maximum atomic E-state index is 12.5. The zero-order chi connectivity index (χ0) is 13.4. The van der Waals surface area contributed by atoms with E-state index in [9.17, 15) is 39.0 Å². The molecule has 0 fully saturated rings. The third-order valence-corrected chi connectivity index (χ3v) is 3.58. The second kappa shape index (κ2) is 4.46. The molecule has 0 rings (SSSR count). The van der Waals surface area contributed by atoms with E-state index >= 15 is 0 Å². The summed E-state index contributed by atoms with van der Waals surface area (Å²) in [5.74, 6) is -6.20. The van der Waals surface area contributed by atoms with Crippen LogP contribution >= 0.6 is 0 Å². The summed E-state index contributed by atoms with van der Waals surface area (Å²) in [6.45, 7) is 0. The van der Waals surface area contributed by atoms with Crippen molar-refractivity contribution in [2.75, 3.05) is 0 Å². The highest BCUT2D eigenvalue weighted by Crippen LogP contribution is 2.42. The van der Waals surface area contributed by atoms with E-state index in [0.717, 1.165) is 0 Å². The minimum atomic E-state index is -6.43. The molecule has 0 heterocycles. The van der Waals surface area contributed by atoms with Gasteiger partial charge in [-0.3, -0.25) is 4.55 Å². The van der Waals surface area contributed by atoms with Gasteiger partial charge in [-0.25, -0.2) is 21.4 Å². The van der Waals surface area contributed by atoms with Crippen molar-refractivity contribution in [3.8, 4) is 0 Å². The van der Waals surface area contributed by atoms with Crippen molar-refractivity contribution in [1.29, 1.82) is 0 Å². The van der Waals surface area contributed by atoms with Crippen molar-refractivity contribution >= 4 is 21.3 Å². The Bertz CT molecular complexity index is 379. The molecule has 5 nitrogen and oxygen atoms in total. The summed E-state index contributed by atoms with van der Waals surface area (Å²) < 4.78 is 111. The SMILES string of the molecule is O=S(O)NS(=O)(=O)C(F)(F)C(F)(F)C(F)F. The molecule has 13 heteroatoms. The number of rotatable bonds is 5. The van der Waals surface area contributed by atoms with E-state index in [0.29, 0.717) is 0 Å². The highest BCUT2D eigenvalue weighted by atomic mass is 32.3. The number of hydrogen-bond donors (Lipinski definition) is 2. The Balaban J connectivity index is 5.44. The molecule has 98 valence electrons. The number of halogens is 6. The Morgan fingerprint density at radius 1 is 1.19 bits per heavy atom. The number of alkyl halides is 6. The molecule has 0 aromatic rings. The van der Waals surface area contributed by atoms with E-state index in [1.807, 2.05) is 0 Å². The smallest absolute Gasteiger partial charge is 0.293 e. The van der Waals surface area contributed by atoms with Gasteiger partial charge in [0.25, 0.3) is 10.0 Å². The molecule has 2 N–H and O–H groups in total. The largest absolute Gasteiger partial charge is 0.427 e. The Morgan fingerprint density at radius 3 is 1.81 bits per heavy atom. The van der Waals surface area contributed by atoms with Crippen LogP contribution in [0.4, 0.5) is 26.3 Å². The van der Waals surface area contributed by atoms with Crippen LogP contribution in [0.5, 0.6) is 0 Å². The minimum Gasteiger partial charge on any atom is -0.293 e. The van der Waals surface area contributed by atoms with E-state index in [1.54, 1.807) is 0 Å². The van der Waals surface area contributed by atoms with Crippen LogP contribution in [0.2, 0.25) is 0 Å². The van der Waals surface area contributed by atoms with Gasteiger partial charge in [-0.05, 0) is 0 Å². The van der Waals surface area contributed by atoms with E-state index in [2.05, 4.69) is 0 Å². The van der Waals surface area contributed by atoms with Crippen LogP contribution < -0.4 is 4.13 Å². The van der Waals surface area contributed by atoms with Gasteiger partial charge in [0, 0.05) is 0 Å². The lowest BCUT2D eigenvalue weighted by molar-refractivity contribution is -0.225. The van der Waals surface area contributed by atoms with Gasteiger partial charge in [0.15, 0.2) is 0 Å². The van der Waals surface area contributed by atoms with Gasteiger partial charge < -0.3 is 0 Å². The van der Waals surface area contributed by atoms with Gasteiger partial charge in [0.1, 0.15) is 0 Å². The lowest BCUT2D eigenvalue weighted by Gasteiger charge is -2.24. The van der Waals surface area contributed by atoms with E-state index < -0.39 is 38.9 Å². The molecule has 0 saturated carbocycles. The molecule has 0 saturated heterocycles. The quantitative estimate of drug-likeness (QED) is 0.572. The van der Waals surface area contributed by atoms with Crippen molar-refractivity contribution in [1.82, 2.24) is 4.13 Å². The Morgan fingerprint density at radius 2 is 1.56 bits per heavy atom. The first-order valence-electron chi connectivity index (χ1n) is 3.03. The van der Waals surface area contributed by atoms with Gasteiger partial charge in [0.05, 0.1) is 0 Å². The van der Waals surface area contributed by atoms with Crippen molar-refractivity contribution in [2.45, 2.75) is 17.6 Å². The Hall–Kier alpha value is -0.400. The second-order valence-corrected chi connectivity index (χ2v) is 4.96. The van der Waals surface area contributed by atoms with Crippen LogP contribution in [0.25, 0.3) is 0 Å². The first-order valence-corrected chi connectivity index (χ1v) is 5.62. The summed E-state index contributed by atoms with van der Waals surface area (Å²) in [5, 5.41) is -6.23. The zero-order valence-electron chi connectivity index (χ0n) is 6.83. The van der Waals surface area contributed by atoms with Crippen LogP contribution in [-0.4, -0.2) is 34.8 Å². The van der Waals surface area contributed by atoms with Crippen molar-refractivity contribution < 1.29 is 43.5 Å². The summed E-state index contributed by atoms with van der Waals surface area (Å²) in [5.41, 5.74) is 0. The molecule has 0 aliphatic rings. The molecule has 0 radical (unpaired) electrons. The molecule has 0 aromatic heterocycles. The molecule has 1 atom stereocenters. The van der Waals surface area contributed by atoms with Crippen LogP contribution in [0, 0.1) is 0 Å². The fourth-order valence-corrected chi connectivity index (χ4v) is 2.07. The molecule has 16 heavy (non-hydrogen) atoms. The molecule has 0 aliphatic heterocycles. The Kier molecular flexibility index (Phi) is 4.35. The third kappa shape index (κ3) is 2.64. The molecule has 1 unspecified atom stereocenters. The van der Waals surface area contributed by atoms with Crippen molar-refractivity contribution in [3.63, 3.8) is 0 Å². The molecule has 0 aliphatic carbocycles. The number of nitrogens with one attached hydrogen (secondary N) is 1. The van der Waals surface area contributed by atoms with Gasteiger partial charge in [0.2, 0.25) is 11.3 Å². The predicted molar refractivity (Wildman–Crippen MR) is 38.7 cm³/mol. The monoisotopic (exact) mass is 295 g/mol. The van der Waals surface area contributed by atoms with Crippen molar-refractivity contribution in [3.05, 3.63) is 0 Å². The zero-order valence-corrected chi connectivity index (χ0v) is 8.47. The minimum absolute atomic E-state index is 0.157. The van der Waals surface area contributed by atoms with Crippen LogP contribution in [-0.2, 0) is 21.3 Å². The summed E-state index contributed by atoms with van der Waals surface area (Å²) in [7, 11) is -6.43. The fraction of sp³-hybridized carbons (Fsp3) is 1.00. The molecule has 0 amide bonds. The highest BCUT2D eigenvalue weighted by molar-refractivity contribution is 8.00. The molecule has 0 bridgehead atoms. The van der Waals surface area contributed by atoms with E-state index in [1.165, 1.54) is 0 Å². The maximum Gasteiger partial charge on any atom is 0.427 e. The van der Waals surface area contributed by atoms with Crippen LogP contribution in [0.3, 0.4) is 0 Å². The second-order valence-electron chi connectivity index (χ2n) is 2.28. The average Bonchev–Trinajstić information content (AvgIpc) is 2.00. The normalized spacial score (nSPS) is 16.5. The highest BCUT2D eigenvalue weighted by Gasteiger charge is 2.71. The van der Waals surface area contributed by atoms with Gasteiger partial charge in [-0.15, -0.1) is 4.13 Å². The molecular formula is C3H3F6NO4S2. The maximum absolute atomic E-state index is 12.5. The lowest BCUT2D eigenvalue weighted by atomic mass is 10.4. The summed E-state index contributed by atoms with van der Waals surface area (Å²) in [4.78, 5) is 0. The first-order chi connectivity index (χ1) is 6.86. The summed E-state index contributed by atoms with van der Waals surface area (Å²) in [6, 6.07) is 0. The summed E-state index contributed by atoms with van der Waals surface area (Å²) >= 11 is -3.63. The molecule has 0 spiro atoms. The number of hydrogen-bond acceptors (Lipinski definition) is 3. The topological polar surface area (TPSA) is 83.5 Å².